The average molecular weight is 825 g/mol. The van der Waals surface area contributed by atoms with Crippen molar-refractivity contribution in [1.29, 1.82) is 0 Å². The summed E-state index contributed by atoms with van der Waals surface area (Å²) >= 11 is 0. The Hall–Kier alpha value is -1.96. The van der Waals surface area contributed by atoms with Gasteiger partial charge in [-0.15, -0.1) is 0 Å². The molecule has 0 radical (unpaired) electrons. The van der Waals surface area contributed by atoms with Crippen LogP contribution >= 0.6 is 15.6 Å². The van der Waals surface area contributed by atoms with Crippen LogP contribution in [0.3, 0.4) is 0 Å². The fourth-order valence-corrected chi connectivity index (χ4v) is 6.07. The van der Waals surface area contributed by atoms with Gasteiger partial charge in [0, 0.05) is 19.4 Å². The van der Waals surface area contributed by atoms with Crippen LogP contribution in [0, 0.1) is 5.92 Å². The van der Waals surface area contributed by atoms with Gasteiger partial charge in [-0.25, -0.2) is 9.13 Å². The topological polar surface area (TPSA) is 216 Å². The lowest BCUT2D eigenvalue weighted by molar-refractivity contribution is -0.161. The summed E-state index contributed by atoms with van der Waals surface area (Å²) in [7, 11) is -9.69. The number of hydrogen-bond donors (Lipinski definition) is 5. The summed E-state index contributed by atoms with van der Waals surface area (Å²) in [5.41, 5.74) is 0. The molecule has 0 spiro atoms. The number of carbonyl (C=O) groups is 2. The van der Waals surface area contributed by atoms with Crippen molar-refractivity contribution in [3.8, 4) is 0 Å². The van der Waals surface area contributed by atoms with Crippen LogP contribution in [0.2, 0.25) is 0 Å². The van der Waals surface area contributed by atoms with Crippen molar-refractivity contribution in [1.82, 2.24) is 0 Å². The molecule has 0 rings (SSSR count). The molecule has 5 N–H and O–H groups in total. The molecule has 1 unspecified atom stereocenters. The number of allylic oxidation sites excluding steroid dienone is 8. The van der Waals surface area contributed by atoms with E-state index in [-0.39, 0.29) is 19.4 Å². The molecule has 3 atom stereocenters. The Morgan fingerprint density at radius 2 is 1.07 bits per heavy atom. The predicted molar refractivity (Wildman–Crippen MR) is 213 cm³/mol. The molecule has 0 fully saturated rings. The third-order valence-corrected chi connectivity index (χ3v) is 9.38. The van der Waals surface area contributed by atoms with E-state index in [2.05, 4.69) is 59.4 Å². The second-order valence-electron chi connectivity index (χ2n) is 13.8. The summed E-state index contributed by atoms with van der Waals surface area (Å²) in [6.45, 7) is 1.91. The summed E-state index contributed by atoms with van der Waals surface area (Å²) in [4.78, 5) is 52.4. The van der Waals surface area contributed by atoms with Crippen LogP contribution in [0.5, 0.6) is 0 Å². The summed E-state index contributed by atoms with van der Waals surface area (Å²) < 4.78 is 47.5. The van der Waals surface area contributed by atoms with Crippen LogP contribution in [0.15, 0.2) is 48.6 Å². The first-order chi connectivity index (χ1) is 26.2. The minimum atomic E-state index is -4.87. The number of rotatable bonds is 37. The Morgan fingerprint density at radius 1 is 0.582 bits per heavy atom. The van der Waals surface area contributed by atoms with E-state index in [1.54, 1.807) is 0 Å². The fraction of sp³-hybridized carbons (Fsp3) is 0.744. The van der Waals surface area contributed by atoms with Crippen LogP contribution in [-0.2, 0) is 41.8 Å². The van der Waals surface area contributed by atoms with Crippen molar-refractivity contribution in [3.63, 3.8) is 0 Å². The van der Waals surface area contributed by atoms with Gasteiger partial charge in [-0.05, 0) is 63.7 Å². The lowest BCUT2D eigenvalue weighted by atomic mass is 10.0. The van der Waals surface area contributed by atoms with Gasteiger partial charge in [0.15, 0.2) is 6.10 Å². The Bertz CT molecular complexity index is 1180. The number of aliphatic hydroxyl groups is 2. The molecule has 16 heteroatoms. The third kappa shape index (κ3) is 40.1. The Labute approximate surface area is 329 Å². The first-order valence-corrected chi connectivity index (χ1v) is 22.8. The molecule has 0 aromatic rings. The second-order valence-corrected chi connectivity index (χ2v) is 16.5. The van der Waals surface area contributed by atoms with Crippen LogP contribution in [0.4, 0.5) is 0 Å². The number of hydrogen-bond acceptors (Lipinski definition) is 11. The second kappa shape index (κ2) is 35.2. The normalized spacial score (nSPS) is 14.8. The molecule has 0 aliphatic carbocycles. The smallest absolute Gasteiger partial charge is 0.462 e. The molecule has 0 aromatic carbocycles. The van der Waals surface area contributed by atoms with Gasteiger partial charge in [0.25, 0.3) is 0 Å². The van der Waals surface area contributed by atoms with Crippen molar-refractivity contribution in [2.45, 2.75) is 148 Å². The Balaban J connectivity index is 4.65. The van der Waals surface area contributed by atoms with Gasteiger partial charge >= 0.3 is 27.6 Å². The number of aliphatic hydroxyl groups excluding tert-OH is 2. The molecular weight excluding hydrogens is 754 g/mol. The van der Waals surface area contributed by atoms with E-state index >= 15 is 0 Å². The molecule has 0 aliphatic heterocycles. The van der Waals surface area contributed by atoms with E-state index in [4.69, 9.17) is 28.9 Å². The fourth-order valence-electron chi connectivity index (χ4n) is 4.91. The highest BCUT2D eigenvalue weighted by Crippen LogP contribution is 2.43. The van der Waals surface area contributed by atoms with Gasteiger partial charge in [-0.2, -0.15) is 0 Å². The van der Waals surface area contributed by atoms with Crippen LogP contribution < -0.4 is 0 Å². The first-order valence-electron chi connectivity index (χ1n) is 19.8. The zero-order chi connectivity index (χ0) is 41.0. The number of ether oxygens (including phenoxy) is 2. The molecule has 0 aromatic heterocycles. The lowest BCUT2D eigenvalue weighted by Gasteiger charge is -2.20. The number of unbranched alkanes of at least 4 members (excludes halogenated alkanes) is 10. The van der Waals surface area contributed by atoms with Crippen LogP contribution in [0.1, 0.15) is 136 Å². The highest BCUT2D eigenvalue weighted by molar-refractivity contribution is 7.47. The van der Waals surface area contributed by atoms with Gasteiger partial charge in [0.2, 0.25) is 0 Å². The van der Waals surface area contributed by atoms with Crippen molar-refractivity contribution in [3.05, 3.63) is 48.6 Å². The summed E-state index contributed by atoms with van der Waals surface area (Å²) in [5, 5.41) is 18.5. The molecule has 14 nitrogen and oxygen atoms in total. The largest absolute Gasteiger partial charge is 0.472 e. The van der Waals surface area contributed by atoms with E-state index in [1.165, 1.54) is 25.7 Å². The zero-order valence-electron chi connectivity index (χ0n) is 33.1. The quantitative estimate of drug-likeness (QED) is 0.0172. The van der Waals surface area contributed by atoms with Gasteiger partial charge in [-0.1, -0.05) is 114 Å². The first kappa shape index (κ1) is 53.0. The molecule has 0 aliphatic rings. The maximum Gasteiger partial charge on any atom is 0.472 e. The van der Waals surface area contributed by atoms with E-state index < -0.39 is 66.2 Å². The molecule has 0 bridgehead atoms. The standard InChI is InChI=1S/C39H70O14P2/c1-35(2)27-23-19-15-14-17-20-24-28-38(42)49-33-37(34-52-55(47,48)51-32-36(41)31-50-54(44,45)46)53-39(43)29-25-21-16-12-10-8-6-4-3-5-7-9-11-13-18-22-26-30-40/h3,5-6,8-9,11-12,16,35-37,40-41H,4,7,10,13-15,17-34H2,1-2H3,(H,47,48)(H2,44,45,46)/b5-3-,8-6-,11-9-,16-12-/t36-,37+/m0/s1. The van der Waals surface area contributed by atoms with E-state index in [0.717, 1.165) is 70.1 Å². The van der Waals surface area contributed by atoms with Crippen LogP contribution in [0.25, 0.3) is 0 Å². The third-order valence-electron chi connectivity index (χ3n) is 7.94. The monoisotopic (exact) mass is 824 g/mol. The Kier molecular flexibility index (Phi) is 34.0. The maximum atomic E-state index is 12.6. The number of phosphoric acid groups is 2. The van der Waals surface area contributed by atoms with Crippen molar-refractivity contribution in [2.75, 3.05) is 33.0 Å². The number of carbonyl (C=O) groups excluding carboxylic acids is 2. The number of esters is 2. The minimum absolute atomic E-state index is 0.0447. The van der Waals surface area contributed by atoms with Gasteiger partial charge in [0.1, 0.15) is 12.7 Å². The molecule has 0 amide bonds. The zero-order valence-corrected chi connectivity index (χ0v) is 34.9. The molecule has 0 saturated carbocycles. The maximum absolute atomic E-state index is 12.6. The van der Waals surface area contributed by atoms with Crippen molar-refractivity contribution >= 4 is 27.6 Å². The summed E-state index contributed by atoms with van der Waals surface area (Å²) in [5.74, 6) is -0.401. The van der Waals surface area contributed by atoms with Gasteiger partial charge in [0.05, 0.1) is 19.8 Å². The van der Waals surface area contributed by atoms with E-state index in [1.807, 2.05) is 12.2 Å². The van der Waals surface area contributed by atoms with Crippen LogP contribution in [-0.4, -0.2) is 82.1 Å². The van der Waals surface area contributed by atoms with E-state index in [0.29, 0.717) is 19.3 Å². The minimum Gasteiger partial charge on any atom is -0.462 e. The summed E-state index contributed by atoms with van der Waals surface area (Å²) in [6.07, 6.45) is 30.2. The van der Waals surface area contributed by atoms with Gasteiger partial charge < -0.3 is 34.4 Å². The number of phosphoric ester groups is 2. The molecule has 0 saturated heterocycles. The highest BCUT2D eigenvalue weighted by atomic mass is 31.2. The van der Waals surface area contributed by atoms with Crippen molar-refractivity contribution < 1.29 is 66.7 Å². The lowest BCUT2D eigenvalue weighted by Crippen LogP contribution is -2.29. The molecule has 55 heavy (non-hydrogen) atoms. The van der Waals surface area contributed by atoms with Gasteiger partial charge in [-0.3, -0.25) is 23.2 Å². The predicted octanol–water partition coefficient (Wildman–Crippen LogP) is 8.33. The van der Waals surface area contributed by atoms with E-state index in [9.17, 15) is 28.7 Å². The highest BCUT2D eigenvalue weighted by Gasteiger charge is 2.28. The molecule has 0 heterocycles. The molecular formula is C39H70O14P2. The summed E-state index contributed by atoms with van der Waals surface area (Å²) in [6, 6.07) is 0. The Morgan fingerprint density at radius 3 is 1.65 bits per heavy atom. The SMILES string of the molecule is CC(C)CCCCCCCCCC(=O)OC[C@H](COP(=O)(O)OC[C@@H](O)COP(=O)(O)O)OC(=O)CCC/C=C\C/C=C\C/C=C\C/C=C\CCCCCO. The average Bonchev–Trinajstić information content (AvgIpc) is 3.12. The molecule has 320 valence electrons. The van der Waals surface area contributed by atoms with Crippen molar-refractivity contribution in [2.24, 2.45) is 5.92 Å².